The van der Waals surface area contributed by atoms with Crippen molar-refractivity contribution in [2.45, 2.75) is 26.4 Å². The molecule has 1 aromatic rings. The molecule has 0 aromatic heterocycles. The number of ether oxygens (including phenoxy) is 6. The predicted octanol–water partition coefficient (Wildman–Crippen LogP) is 2.25. The Kier molecular flexibility index (Phi) is 12.9. The van der Waals surface area contributed by atoms with E-state index < -0.39 is 11.6 Å². The van der Waals surface area contributed by atoms with Gasteiger partial charge in [0.25, 0.3) is 0 Å². The molecule has 0 aliphatic rings. The van der Waals surface area contributed by atoms with Crippen LogP contribution in [0.1, 0.15) is 31.1 Å². The molecule has 29 heavy (non-hydrogen) atoms. The smallest absolute Gasteiger partial charge is 0.338 e. The minimum absolute atomic E-state index is 0.0882. The third-order valence-electron chi connectivity index (χ3n) is 3.23. The van der Waals surface area contributed by atoms with Crippen LogP contribution in [0.4, 0.5) is 0 Å². The fourth-order valence-corrected chi connectivity index (χ4v) is 2.04. The quantitative estimate of drug-likeness (QED) is 0.320. The van der Waals surface area contributed by atoms with Crippen LogP contribution in [0.25, 0.3) is 0 Å². The van der Waals surface area contributed by atoms with Crippen LogP contribution in [0, 0.1) is 0 Å². The maximum Gasteiger partial charge on any atom is 0.338 e. The first-order chi connectivity index (χ1) is 13.9. The molecule has 0 unspecified atom stereocenters. The molecule has 164 valence electrons. The Labute approximate surface area is 172 Å². The molecule has 0 radical (unpaired) electrons. The Morgan fingerprint density at radius 2 is 1.21 bits per heavy atom. The molecule has 8 heteroatoms. The molecule has 0 atom stereocenters. The average Bonchev–Trinajstić information content (AvgIpc) is 2.67. The lowest BCUT2D eigenvalue weighted by Gasteiger charge is -2.19. The van der Waals surface area contributed by atoms with Crippen LogP contribution in [0.3, 0.4) is 0 Å². The largest absolute Gasteiger partial charge is 0.460 e. The highest BCUT2D eigenvalue weighted by Gasteiger charge is 2.15. The highest BCUT2D eigenvalue weighted by Crippen LogP contribution is 2.06. The van der Waals surface area contributed by atoms with Crippen LogP contribution < -0.4 is 0 Å². The maximum atomic E-state index is 11.7. The number of esters is 2. The van der Waals surface area contributed by atoms with Gasteiger partial charge in [-0.15, -0.1) is 0 Å². The van der Waals surface area contributed by atoms with Gasteiger partial charge in [0.05, 0.1) is 51.8 Å². The van der Waals surface area contributed by atoms with Crippen LogP contribution >= 0.6 is 0 Å². The molecule has 0 bridgehead atoms. The van der Waals surface area contributed by atoms with Gasteiger partial charge in [-0.1, -0.05) is 18.2 Å². The van der Waals surface area contributed by atoms with Crippen LogP contribution in [0.15, 0.2) is 30.3 Å². The Balaban J connectivity index is 1.81. The van der Waals surface area contributed by atoms with Gasteiger partial charge in [-0.25, -0.2) is 9.59 Å². The Hall–Kier alpha value is -2.00. The van der Waals surface area contributed by atoms with Crippen molar-refractivity contribution in [3.05, 3.63) is 35.9 Å². The zero-order valence-corrected chi connectivity index (χ0v) is 17.5. The SMILES string of the molecule is CC(C)(C)OC(=O)COCCOCCOCCOCCOC(=O)c1ccccc1. The molecule has 0 saturated carbocycles. The zero-order chi connectivity index (χ0) is 21.4. The van der Waals surface area contributed by atoms with Crippen molar-refractivity contribution in [2.24, 2.45) is 0 Å². The van der Waals surface area contributed by atoms with E-state index in [1.165, 1.54) is 0 Å². The van der Waals surface area contributed by atoms with Gasteiger partial charge in [-0.2, -0.15) is 0 Å². The fourth-order valence-electron chi connectivity index (χ4n) is 2.04. The van der Waals surface area contributed by atoms with Crippen LogP contribution in [-0.2, 0) is 33.2 Å². The van der Waals surface area contributed by atoms with Gasteiger partial charge in [0.2, 0.25) is 0 Å². The van der Waals surface area contributed by atoms with Gasteiger partial charge in [-0.05, 0) is 32.9 Å². The summed E-state index contributed by atoms with van der Waals surface area (Å²) in [6.45, 7) is 8.19. The molecule has 0 spiro atoms. The van der Waals surface area contributed by atoms with Crippen molar-refractivity contribution in [2.75, 3.05) is 59.5 Å². The van der Waals surface area contributed by atoms with E-state index in [2.05, 4.69) is 0 Å². The molecule has 8 nitrogen and oxygen atoms in total. The summed E-state index contributed by atoms with van der Waals surface area (Å²) in [7, 11) is 0. The number of benzene rings is 1. The number of carbonyl (C=O) groups is 2. The van der Waals surface area contributed by atoms with Crippen LogP contribution in [0.5, 0.6) is 0 Å². The van der Waals surface area contributed by atoms with Gasteiger partial charge in [0.15, 0.2) is 0 Å². The van der Waals surface area contributed by atoms with Crippen molar-refractivity contribution in [1.82, 2.24) is 0 Å². The minimum Gasteiger partial charge on any atom is -0.460 e. The number of hydrogen-bond donors (Lipinski definition) is 0. The summed E-state index contributed by atoms with van der Waals surface area (Å²) < 4.78 is 31.4. The summed E-state index contributed by atoms with van der Waals surface area (Å²) in [5.41, 5.74) is 0.0102. The van der Waals surface area contributed by atoms with Crippen molar-refractivity contribution in [3.63, 3.8) is 0 Å². The first-order valence-electron chi connectivity index (χ1n) is 9.63. The lowest BCUT2D eigenvalue weighted by atomic mass is 10.2. The second-order valence-corrected chi connectivity index (χ2v) is 6.98. The van der Waals surface area contributed by atoms with E-state index in [9.17, 15) is 9.59 Å². The van der Waals surface area contributed by atoms with E-state index in [0.29, 0.717) is 51.8 Å². The fraction of sp³-hybridized carbons (Fsp3) is 0.619. The Bertz CT molecular complexity index is 568. The average molecular weight is 412 g/mol. The van der Waals surface area contributed by atoms with Gasteiger partial charge in [0, 0.05) is 0 Å². The summed E-state index contributed by atoms with van der Waals surface area (Å²) in [6, 6.07) is 8.81. The normalized spacial score (nSPS) is 11.3. The van der Waals surface area contributed by atoms with Gasteiger partial charge in [0.1, 0.15) is 18.8 Å². The molecule has 1 aromatic carbocycles. The standard InChI is InChI=1S/C21H32O8/c1-21(2,3)29-19(22)17-27-14-13-25-10-9-24-11-12-26-15-16-28-20(23)18-7-5-4-6-8-18/h4-8H,9-17H2,1-3H3. The van der Waals surface area contributed by atoms with E-state index in [4.69, 9.17) is 28.4 Å². The second-order valence-electron chi connectivity index (χ2n) is 6.98. The first-order valence-corrected chi connectivity index (χ1v) is 9.63. The first kappa shape index (κ1) is 25.0. The molecule has 0 aliphatic carbocycles. The van der Waals surface area contributed by atoms with E-state index in [-0.39, 0.29) is 19.2 Å². The molecule has 1 rings (SSSR count). The summed E-state index contributed by atoms with van der Waals surface area (Å²) >= 11 is 0. The summed E-state index contributed by atoms with van der Waals surface area (Å²) in [5.74, 6) is -0.756. The van der Waals surface area contributed by atoms with E-state index in [0.717, 1.165) is 0 Å². The molecule has 0 saturated heterocycles. The highest BCUT2D eigenvalue weighted by atomic mass is 16.6. The van der Waals surface area contributed by atoms with Crippen molar-refractivity contribution < 1.29 is 38.0 Å². The van der Waals surface area contributed by atoms with Gasteiger partial charge in [-0.3, -0.25) is 0 Å². The molecule has 0 N–H and O–H groups in total. The summed E-state index contributed by atoms with van der Waals surface area (Å²) in [5, 5.41) is 0. The predicted molar refractivity (Wildman–Crippen MR) is 106 cm³/mol. The molecule has 0 fully saturated rings. The van der Waals surface area contributed by atoms with E-state index in [1.54, 1.807) is 45.0 Å². The van der Waals surface area contributed by atoms with Crippen molar-refractivity contribution in [1.29, 1.82) is 0 Å². The monoisotopic (exact) mass is 412 g/mol. The van der Waals surface area contributed by atoms with Crippen molar-refractivity contribution in [3.8, 4) is 0 Å². The highest BCUT2D eigenvalue weighted by molar-refractivity contribution is 5.89. The van der Waals surface area contributed by atoms with Gasteiger partial charge >= 0.3 is 11.9 Å². The van der Waals surface area contributed by atoms with Crippen LogP contribution in [-0.4, -0.2) is 77.0 Å². The summed E-state index contributed by atoms with van der Waals surface area (Å²) in [6.07, 6.45) is 0. The summed E-state index contributed by atoms with van der Waals surface area (Å²) in [4.78, 5) is 23.1. The third kappa shape index (κ3) is 14.6. The minimum atomic E-state index is -0.509. The lowest BCUT2D eigenvalue weighted by Crippen LogP contribution is -2.27. The topological polar surface area (TPSA) is 89.5 Å². The van der Waals surface area contributed by atoms with Gasteiger partial charge < -0.3 is 28.4 Å². The molecule has 0 heterocycles. The van der Waals surface area contributed by atoms with Crippen LogP contribution in [0.2, 0.25) is 0 Å². The number of hydrogen-bond acceptors (Lipinski definition) is 8. The number of rotatable bonds is 15. The van der Waals surface area contributed by atoms with E-state index >= 15 is 0 Å². The Morgan fingerprint density at radius 3 is 1.72 bits per heavy atom. The molecule has 0 aliphatic heterocycles. The molecular weight excluding hydrogens is 380 g/mol. The molecule has 0 amide bonds. The Morgan fingerprint density at radius 1 is 0.724 bits per heavy atom. The van der Waals surface area contributed by atoms with Crippen molar-refractivity contribution >= 4 is 11.9 Å². The zero-order valence-electron chi connectivity index (χ0n) is 17.5. The second kappa shape index (κ2) is 14.9. The lowest BCUT2D eigenvalue weighted by molar-refractivity contribution is -0.160. The molecular formula is C21H32O8. The number of carbonyl (C=O) groups excluding carboxylic acids is 2. The van der Waals surface area contributed by atoms with E-state index in [1.807, 2.05) is 6.07 Å². The third-order valence-corrected chi connectivity index (χ3v) is 3.23. The maximum absolute atomic E-state index is 11.7.